The van der Waals surface area contributed by atoms with Gasteiger partial charge in [0.25, 0.3) is 0 Å². The van der Waals surface area contributed by atoms with Crippen molar-refractivity contribution < 1.29 is 0 Å². The van der Waals surface area contributed by atoms with E-state index in [0.29, 0.717) is 0 Å². The Morgan fingerprint density at radius 3 is 2.00 bits per heavy atom. The largest absolute Gasteiger partial charge is 0.309 e. The van der Waals surface area contributed by atoms with E-state index >= 15 is 0 Å². The predicted molar refractivity (Wildman–Crippen MR) is 198 cm³/mol. The normalized spacial score (nSPS) is 12.2. The molecule has 0 radical (unpaired) electrons. The van der Waals surface area contributed by atoms with Crippen LogP contribution in [0.1, 0.15) is 0 Å². The van der Waals surface area contributed by atoms with Gasteiger partial charge < -0.3 is 4.57 Å². The van der Waals surface area contributed by atoms with Crippen LogP contribution in [0.25, 0.3) is 99.4 Å². The molecule has 0 atom stereocenters. The fourth-order valence-electron chi connectivity index (χ4n) is 8.07. The second kappa shape index (κ2) is 9.50. The van der Waals surface area contributed by atoms with E-state index in [9.17, 15) is 0 Å². The van der Waals surface area contributed by atoms with Gasteiger partial charge in [-0.1, -0.05) is 84.9 Å². The van der Waals surface area contributed by atoms with Crippen molar-refractivity contribution in [3.05, 3.63) is 158 Å². The highest BCUT2D eigenvalue weighted by Crippen LogP contribution is 2.47. The Morgan fingerprint density at radius 2 is 1.12 bits per heavy atom. The molecule has 0 bridgehead atoms. The molecule has 0 fully saturated rings. The molecular weight excluding hydrogens is 585 g/mol. The molecule has 0 saturated carbocycles. The highest BCUT2D eigenvalue weighted by Gasteiger charge is 2.24. The van der Waals surface area contributed by atoms with Gasteiger partial charge in [0.15, 0.2) is 0 Å². The summed E-state index contributed by atoms with van der Waals surface area (Å²) in [5.74, 6) is 0.923. The molecule has 0 N–H and O–H groups in total. The summed E-state index contributed by atoms with van der Waals surface area (Å²) in [5, 5.41) is 6.15. The molecule has 0 amide bonds. The zero-order chi connectivity index (χ0) is 31.3. The highest BCUT2D eigenvalue weighted by molar-refractivity contribution is 6.16. The van der Waals surface area contributed by atoms with E-state index in [1.807, 2.05) is 12.4 Å². The van der Waals surface area contributed by atoms with Crippen molar-refractivity contribution in [3.63, 3.8) is 0 Å². The second-order valence-corrected chi connectivity index (χ2v) is 12.7. The molecule has 0 aliphatic heterocycles. The minimum absolute atomic E-state index is 0.923. The Hall–Kier alpha value is -6.52. The Kier molecular flexibility index (Phi) is 5.08. The Balaban J connectivity index is 1.14. The van der Waals surface area contributed by atoms with Gasteiger partial charge in [-0.25, -0.2) is 4.98 Å². The van der Waals surface area contributed by atoms with Crippen LogP contribution in [0.15, 0.2) is 158 Å². The molecule has 4 aromatic heterocycles. The fourth-order valence-corrected chi connectivity index (χ4v) is 8.07. The van der Waals surface area contributed by atoms with Gasteiger partial charge in [-0.15, -0.1) is 0 Å². The van der Waals surface area contributed by atoms with Crippen molar-refractivity contribution in [1.29, 1.82) is 0 Å². The highest BCUT2D eigenvalue weighted by atomic mass is 15.1. The van der Waals surface area contributed by atoms with Crippen LogP contribution in [0, 0.1) is 0 Å². The summed E-state index contributed by atoms with van der Waals surface area (Å²) >= 11 is 0. The monoisotopic (exact) mass is 610 g/mol. The molecule has 4 nitrogen and oxygen atoms in total. The molecule has 48 heavy (non-hydrogen) atoms. The first-order chi connectivity index (χ1) is 23.8. The van der Waals surface area contributed by atoms with Gasteiger partial charge in [0.1, 0.15) is 5.82 Å². The fraction of sp³-hybridized carbons (Fsp3) is 0. The van der Waals surface area contributed by atoms with Gasteiger partial charge in [-0.3, -0.25) is 9.55 Å². The summed E-state index contributed by atoms with van der Waals surface area (Å²) in [6.45, 7) is 0. The van der Waals surface area contributed by atoms with Crippen LogP contribution >= 0.6 is 0 Å². The maximum absolute atomic E-state index is 5.28. The summed E-state index contributed by atoms with van der Waals surface area (Å²) in [4.78, 5) is 9.71. The van der Waals surface area contributed by atoms with Gasteiger partial charge >= 0.3 is 0 Å². The molecule has 1 aliphatic rings. The van der Waals surface area contributed by atoms with Crippen molar-refractivity contribution in [2.24, 2.45) is 0 Å². The van der Waals surface area contributed by atoms with Crippen molar-refractivity contribution in [1.82, 2.24) is 19.1 Å². The maximum Gasteiger partial charge on any atom is 0.138 e. The SMILES string of the molecule is c1ccc(-n2c3ccccc3c3ccc(-c4ccc5c(c4)c4ccccc4n5-c4cc5c6c(cccc6n4)-c4cnccc4-5)cc32)cc1. The van der Waals surface area contributed by atoms with Crippen LogP contribution in [0.4, 0.5) is 0 Å². The Morgan fingerprint density at radius 1 is 0.417 bits per heavy atom. The van der Waals surface area contributed by atoms with Crippen LogP contribution in [0.3, 0.4) is 0 Å². The topological polar surface area (TPSA) is 35.6 Å². The van der Waals surface area contributed by atoms with Crippen LogP contribution in [-0.4, -0.2) is 19.1 Å². The summed E-state index contributed by atoms with van der Waals surface area (Å²) in [6, 6.07) is 52.6. The molecule has 0 unspecified atom stereocenters. The first-order valence-electron chi connectivity index (χ1n) is 16.3. The van der Waals surface area contributed by atoms with E-state index in [1.54, 1.807) is 0 Å². The van der Waals surface area contributed by atoms with Crippen LogP contribution in [0.5, 0.6) is 0 Å². The minimum atomic E-state index is 0.923. The third kappa shape index (κ3) is 3.43. The summed E-state index contributed by atoms with van der Waals surface area (Å²) in [5.41, 5.74) is 14.1. The summed E-state index contributed by atoms with van der Waals surface area (Å²) in [6.07, 6.45) is 3.86. The number of hydrogen-bond donors (Lipinski definition) is 0. The molecule has 222 valence electrons. The lowest BCUT2D eigenvalue weighted by molar-refractivity contribution is 1.10. The van der Waals surface area contributed by atoms with Crippen molar-refractivity contribution >= 4 is 54.5 Å². The zero-order valence-electron chi connectivity index (χ0n) is 25.8. The smallest absolute Gasteiger partial charge is 0.138 e. The number of fused-ring (bicyclic) bond motifs is 9. The van der Waals surface area contributed by atoms with E-state index in [4.69, 9.17) is 4.98 Å². The number of benzene rings is 6. The van der Waals surface area contributed by atoms with E-state index < -0.39 is 0 Å². The minimum Gasteiger partial charge on any atom is -0.309 e. The standard InChI is InChI=1S/C44H26N4/c1-2-9-29(10-3-1)47-39-15-6-4-11-31(39)33-19-17-28(24-42(33)47)27-18-20-41-35(23-27)32-12-5-7-16-40(32)48(41)43-25-36-30-21-22-45-26-37(30)34-13-8-14-38(46-43)44(34)36/h1-26H. The number of nitrogens with zero attached hydrogens (tertiary/aromatic N) is 4. The molecule has 4 heteroatoms. The van der Waals surface area contributed by atoms with E-state index in [1.165, 1.54) is 71.3 Å². The molecular formula is C44H26N4. The van der Waals surface area contributed by atoms with E-state index in [2.05, 4.69) is 160 Å². The van der Waals surface area contributed by atoms with E-state index in [0.717, 1.165) is 28.1 Å². The summed E-state index contributed by atoms with van der Waals surface area (Å²) in [7, 11) is 0. The molecule has 0 saturated heterocycles. The lowest BCUT2D eigenvalue weighted by Gasteiger charge is -2.11. The molecule has 10 aromatic rings. The van der Waals surface area contributed by atoms with E-state index in [-0.39, 0.29) is 0 Å². The first kappa shape index (κ1) is 25.6. The van der Waals surface area contributed by atoms with Crippen LogP contribution in [-0.2, 0) is 0 Å². The van der Waals surface area contributed by atoms with Gasteiger partial charge in [-0.2, -0.15) is 0 Å². The number of rotatable bonds is 3. The lowest BCUT2D eigenvalue weighted by atomic mass is 10.0. The van der Waals surface area contributed by atoms with Gasteiger partial charge in [0.05, 0.1) is 27.6 Å². The molecule has 1 aliphatic carbocycles. The van der Waals surface area contributed by atoms with Gasteiger partial charge in [0.2, 0.25) is 0 Å². The Bertz CT molecular complexity index is 2950. The van der Waals surface area contributed by atoms with Gasteiger partial charge in [-0.05, 0) is 88.5 Å². The van der Waals surface area contributed by atoms with Crippen molar-refractivity contribution in [3.8, 4) is 44.9 Å². The quantitative estimate of drug-likeness (QED) is 0.199. The van der Waals surface area contributed by atoms with Crippen molar-refractivity contribution in [2.45, 2.75) is 0 Å². The third-order valence-electron chi connectivity index (χ3n) is 10.1. The number of hydrogen-bond acceptors (Lipinski definition) is 2. The lowest BCUT2D eigenvalue weighted by Crippen LogP contribution is -1.98. The van der Waals surface area contributed by atoms with Crippen molar-refractivity contribution in [2.75, 3.05) is 0 Å². The first-order valence-corrected chi connectivity index (χ1v) is 16.3. The molecule has 4 heterocycles. The predicted octanol–water partition coefficient (Wildman–Crippen LogP) is 11.1. The van der Waals surface area contributed by atoms with Crippen LogP contribution in [0.2, 0.25) is 0 Å². The Labute approximate surface area is 275 Å². The van der Waals surface area contributed by atoms with Gasteiger partial charge in [0, 0.05) is 50.6 Å². The average Bonchev–Trinajstić information content (AvgIpc) is 3.78. The molecule has 0 spiro atoms. The second-order valence-electron chi connectivity index (χ2n) is 12.7. The summed E-state index contributed by atoms with van der Waals surface area (Å²) < 4.78 is 4.71. The third-order valence-corrected chi connectivity index (χ3v) is 10.1. The number of para-hydroxylation sites is 3. The number of aromatic nitrogens is 4. The molecule has 6 aromatic carbocycles. The average molecular weight is 611 g/mol. The maximum atomic E-state index is 5.28. The van der Waals surface area contributed by atoms with Crippen LogP contribution < -0.4 is 0 Å². The number of pyridine rings is 2. The zero-order valence-corrected chi connectivity index (χ0v) is 25.8. The molecule has 11 rings (SSSR count).